The molecule has 1 aliphatic rings. The number of hydrogen-bond donors (Lipinski definition) is 1. The van der Waals surface area contributed by atoms with Gasteiger partial charge in [-0.1, -0.05) is 39.0 Å². The summed E-state index contributed by atoms with van der Waals surface area (Å²) in [5, 5.41) is 3.64. The van der Waals surface area contributed by atoms with E-state index in [1.807, 2.05) is 6.20 Å². The lowest BCUT2D eigenvalue weighted by molar-refractivity contribution is -0.135. The molecular weight excluding hydrogens is 276 g/mol. The number of amides is 2. The van der Waals surface area contributed by atoms with Gasteiger partial charge < -0.3 is 4.57 Å². The number of rotatable bonds is 1. The Balaban J connectivity index is 2.22. The van der Waals surface area contributed by atoms with E-state index in [1.165, 1.54) is 10.9 Å². The maximum absolute atomic E-state index is 12.3. The van der Waals surface area contributed by atoms with E-state index in [-0.39, 0.29) is 23.3 Å². The van der Waals surface area contributed by atoms with Gasteiger partial charge in [0.05, 0.1) is 5.52 Å². The molecule has 1 N–H and O–H groups in total. The number of carbonyl (C=O) groups is 2. The fourth-order valence-electron chi connectivity index (χ4n) is 3.28. The third-order valence-electron chi connectivity index (χ3n) is 4.41. The van der Waals surface area contributed by atoms with Gasteiger partial charge in [-0.25, -0.2) is 0 Å². The Bertz CT molecular complexity index is 765. The first-order chi connectivity index (χ1) is 10.3. The van der Waals surface area contributed by atoms with E-state index < -0.39 is 0 Å². The largest absolute Gasteiger partial charge is 0.334 e. The SMILES string of the molecule is Cc1cn(C2CCC(=O)NC2=O)c2c(C(C)(C)C)cccc12. The van der Waals surface area contributed by atoms with Crippen molar-refractivity contribution in [3.63, 3.8) is 0 Å². The van der Waals surface area contributed by atoms with Crippen LogP contribution in [-0.4, -0.2) is 16.4 Å². The highest BCUT2D eigenvalue weighted by Crippen LogP contribution is 2.35. The number of benzene rings is 1. The lowest BCUT2D eigenvalue weighted by Gasteiger charge is -2.26. The van der Waals surface area contributed by atoms with E-state index in [4.69, 9.17) is 0 Å². The van der Waals surface area contributed by atoms with Crippen LogP contribution in [0.3, 0.4) is 0 Å². The zero-order valence-corrected chi connectivity index (χ0v) is 13.6. The van der Waals surface area contributed by atoms with Crippen LogP contribution in [0.2, 0.25) is 0 Å². The normalized spacial score (nSPS) is 19.5. The molecule has 0 bridgehead atoms. The average Bonchev–Trinajstić information content (AvgIpc) is 2.75. The van der Waals surface area contributed by atoms with Gasteiger partial charge in [-0.05, 0) is 29.9 Å². The molecule has 2 amide bonds. The number of para-hydroxylation sites is 1. The van der Waals surface area contributed by atoms with Gasteiger partial charge in [0.15, 0.2) is 0 Å². The molecule has 116 valence electrons. The first kappa shape index (κ1) is 14.8. The molecule has 2 aromatic rings. The molecule has 1 fully saturated rings. The van der Waals surface area contributed by atoms with Gasteiger partial charge in [0.2, 0.25) is 11.8 Å². The van der Waals surface area contributed by atoms with E-state index in [2.05, 4.69) is 55.8 Å². The highest BCUT2D eigenvalue weighted by molar-refractivity contribution is 6.00. The van der Waals surface area contributed by atoms with Crippen molar-refractivity contribution >= 4 is 22.7 Å². The molecular formula is C18H22N2O2. The number of nitrogens with one attached hydrogen (secondary N) is 1. The number of aryl methyl sites for hydroxylation is 1. The van der Waals surface area contributed by atoms with Crippen LogP contribution in [0.4, 0.5) is 0 Å². The Hall–Kier alpha value is -2.10. The van der Waals surface area contributed by atoms with Crippen LogP contribution >= 0.6 is 0 Å². The van der Waals surface area contributed by atoms with E-state index in [1.54, 1.807) is 0 Å². The highest BCUT2D eigenvalue weighted by atomic mass is 16.2. The maximum Gasteiger partial charge on any atom is 0.249 e. The third kappa shape index (κ3) is 2.32. The quantitative estimate of drug-likeness (QED) is 0.822. The fourth-order valence-corrected chi connectivity index (χ4v) is 3.28. The molecule has 2 heterocycles. The van der Waals surface area contributed by atoms with Crippen molar-refractivity contribution in [1.82, 2.24) is 9.88 Å². The first-order valence-corrected chi connectivity index (χ1v) is 7.73. The molecule has 1 unspecified atom stereocenters. The highest BCUT2D eigenvalue weighted by Gasteiger charge is 2.30. The summed E-state index contributed by atoms with van der Waals surface area (Å²) < 4.78 is 2.06. The van der Waals surface area contributed by atoms with Crippen LogP contribution in [0, 0.1) is 6.92 Å². The topological polar surface area (TPSA) is 51.1 Å². The minimum Gasteiger partial charge on any atom is -0.334 e. The molecule has 0 saturated carbocycles. The van der Waals surface area contributed by atoms with Crippen molar-refractivity contribution in [2.45, 2.75) is 52.0 Å². The summed E-state index contributed by atoms with van der Waals surface area (Å²) in [4.78, 5) is 23.7. The number of fused-ring (bicyclic) bond motifs is 1. The average molecular weight is 298 g/mol. The summed E-state index contributed by atoms with van der Waals surface area (Å²) in [5.41, 5.74) is 3.49. The summed E-state index contributed by atoms with van der Waals surface area (Å²) in [6, 6.07) is 5.99. The van der Waals surface area contributed by atoms with Crippen LogP contribution in [0.15, 0.2) is 24.4 Å². The Morgan fingerprint density at radius 2 is 1.95 bits per heavy atom. The molecule has 0 spiro atoms. The number of nitrogens with zero attached hydrogens (tertiary/aromatic N) is 1. The van der Waals surface area contributed by atoms with Crippen molar-refractivity contribution in [2.75, 3.05) is 0 Å². The van der Waals surface area contributed by atoms with Crippen LogP contribution in [0.1, 0.15) is 50.8 Å². The summed E-state index contributed by atoms with van der Waals surface area (Å²) in [7, 11) is 0. The minimum atomic E-state index is -0.308. The summed E-state index contributed by atoms with van der Waals surface area (Å²) in [5.74, 6) is -0.373. The van der Waals surface area contributed by atoms with E-state index in [0.29, 0.717) is 12.8 Å². The number of imide groups is 1. The fraction of sp³-hybridized carbons (Fsp3) is 0.444. The third-order valence-corrected chi connectivity index (χ3v) is 4.41. The molecule has 0 aliphatic carbocycles. The standard InChI is InChI=1S/C18H22N2O2/c1-11-10-20(14-8-9-15(21)19-17(14)22)16-12(11)6-5-7-13(16)18(2,3)4/h5-7,10,14H,8-9H2,1-4H3,(H,19,21,22). The van der Waals surface area contributed by atoms with Crippen LogP contribution in [-0.2, 0) is 15.0 Å². The van der Waals surface area contributed by atoms with Crippen molar-refractivity contribution < 1.29 is 9.59 Å². The number of hydrogen-bond acceptors (Lipinski definition) is 2. The Morgan fingerprint density at radius 3 is 2.59 bits per heavy atom. The van der Waals surface area contributed by atoms with E-state index >= 15 is 0 Å². The monoisotopic (exact) mass is 298 g/mol. The molecule has 22 heavy (non-hydrogen) atoms. The zero-order valence-electron chi connectivity index (χ0n) is 13.6. The molecule has 0 radical (unpaired) electrons. The van der Waals surface area contributed by atoms with Gasteiger partial charge in [-0.3, -0.25) is 14.9 Å². The summed E-state index contributed by atoms with van der Waals surface area (Å²) in [6.45, 7) is 8.61. The van der Waals surface area contributed by atoms with Crippen LogP contribution in [0.25, 0.3) is 10.9 Å². The Kier molecular flexibility index (Phi) is 3.35. The molecule has 4 heteroatoms. The second-order valence-corrected chi connectivity index (χ2v) is 7.14. The van der Waals surface area contributed by atoms with Gasteiger partial charge in [0.25, 0.3) is 0 Å². The van der Waals surface area contributed by atoms with Crippen molar-refractivity contribution in [3.8, 4) is 0 Å². The zero-order chi connectivity index (χ0) is 16.1. The van der Waals surface area contributed by atoms with Gasteiger partial charge >= 0.3 is 0 Å². The van der Waals surface area contributed by atoms with Gasteiger partial charge in [-0.15, -0.1) is 0 Å². The van der Waals surface area contributed by atoms with Crippen molar-refractivity contribution in [3.05, 3.63) is 35.5 Å². The molecule has 1 aromatic carbocycles. The minimum absolute atomic E-state index is 0.0109. The van der Waals surface area contributed by atoms with E-state index in [0.717, 1.165) is 11.1 Å². The van der Waals surface area contributed by atoms with E-state index in [9.17, 15) is 9.59 Å². The van der Waals surface area contributed by atoms with Crippen molar-refractivity contribution in [2.24, 2.45) is 0 Å². The lowest BCUT2D eigenvalue weighted by atomic mass is 9.85. The summed E-state index contributed by atoms with van der Waals surface area (Å²) in [6.07, 6.45) is 3.00. The van der Waals surface area contributed by atoms with Gasteiger partial charge in [-0.2, -0.15) is 0 Å². The lowest BCUT2D eigenvalue weighted by Crippen LogP contribution is -2.41. The van der Waals surface area contributed by atoms with Crippen LogP contribution in [0.5, 0.6) is 0 Å². The Morgan fingerprint density at radius 1 is 1.23 bits per heavy atom. The molecule has 3 rings (SSSR count). The predicted molar refractivity (Wildman–Crippen MR) is 86.8 cm³/mol. The van der Waals surface area contributed by atoms with Crippen LogP contribution < -0.4 is 5.32 Å². The number of piperidine rings is 1. The first-order valence-electron chi connectivity index (χ1n) is 7.73. The van der Waals surface area contributed by atoms with Crippen molar-refractivity contribution in [1.29, 1.82) is 0 Å². The number of carbonyl (C=O) groups excluding carboxylic acids is 2. The molecule has 1 aliphatic heterocycles. The number of aromatic nitrogens is 1. The van der Waals surface area contributed by atoms with Gasteiger partial charge in [0, 0.05) is 18.0 Å². The smallest absolute Gasteiger partial charge is 0.249 e. The second-order valence-electron chi connectivity index (χ2n) is 7.14. The molecule has 4 nitrogen and oxygen atoms in total. The molecule has 1 saturated heterocycles. The summed E-state index contributed by atoms with van der Waals surface area (Å²) >= 11 is 0. The second kappa shape index (κ2) is 4.97. The van der Waals surface area contributed by atoms with Gasteiger partial charge in [0.1, 0.15) is 6.04 Å². The maximum atomic E-state index is 12.3. The predicted octanol–water partition coefficient (Wildman–Crippen LogP) is 3.22. The molecule has 1 aromatic heterocycles. The Labute approximate surface area is 130 Å². The molecule has 1 atom stereocenters.